The lowest BCUT2D eigenvalue weighted by molar-refractivity contribution is 0.0586. The van der Waals surface area contributed by atoms with Crippen LogP contribution in [0.15, 0.2) is 18.2 Å². The number of rotatable bonds is 4. The second-order valence-electron chi connectivity index (χ2n) is 5.22. The van der Waals surface area contributed by atoms with Gasteiger partial charge in [0.25, 0.3) is 5.91 Å². The number of amides is 1. The highest BCUT2D eigenvalue weighted by molar-refractivity contribution is 5.99. The Kier molecular flexibility index (Phi) is 4.95. The van der Waals surface area contributed by atoms with Gasteiger partial charge in [0.05, 0.1) is 17.9 Å². The number of halogens is 1. The van der Waals surface area contributed by atoms with Crippen molar-refractivity contribution in [3.8, 4) is 0 Å². The van der Waals surface area contributed by atoms with Crippen LogP contribution in [0.2, 0.25) is 0 Å². The van der Waals surface area contributed by atoms with E-state index in [1.54, 1.807) is 4.90 Å². The maximum atomic E-state index is 13.5. The van der Waals surface area contributed by atoms with E-state index in [0.717, 1.165) is 25.7 Å². The molecule has 1 fully saturated rings. The van der Waals surface area contributed by atoms with Crippen molar-refractivity contribution in [2.24, 2.45) is 0 Å². The van der Waals surface area contributed by atoms with E-state index in [-0.39, 0.29) is 36.4 Å². The highest BCUT2D eigenvalue weighted by Gasteiger charge is 2.27. The van der Waals surface area contributed by atoms with E-state index in [9.17, 15) is 14.3 Å². The van der Waals surface area contributed by atoms with Crippen molar-refractivity contribution in [1.29, 1.82) is 0 Å². The summed E-state index contributed by atoms with van der Waals surface area (Å²) < 4.78 is 13.5. The van der Waals surface area contributed by atoms with Crippen LogP contribution in [-0.4, -0.2) is 35.1 Å². The zero-order valence-corrected chi connectivity index (χ0v) is 11.5. The first-order valence-corrected chi connectivity index (χ1v) is 7.11. The van der Waals surface area contributed by atoms with Crippen molar-refractivity contribution in [2.45, 2.75) is 38.1 Å². The summed E-state index contributed by atoms with van der Waals surface area (Å²) in [6.45, 7) is 0.164. The molecule has 2 rings (SSSR count). The zero-order chi connectivity index (χ0) is 14.5. The molecule has 0 aliphatic heterocycles. The van der Waals surface area contributed by atoms with Gasteiger partial charge in [-0.2, -0.15) is 0 Å². The third-order valence-corrected chi connectivity index (χ3v) is 3.90. The van der Waals surface area contributed by atoms with Gasteiger partial charge in [-0.3, -0.25) is 4.79 Å². The predicted octanol–water partition coefficient (Wildman–Crippen LogP) is 2.18. The second kappa shape index (κ2) is 6.70. The Labute approximate surface area is 118 Å². The van der Waals surface area contributed by atoms with E-state index in [0.29, 0.717) is 0 Å². The summed E-state index contributed by atoms with van der Waals surface area (Å²) in [5.41, 5.74) is 5.73. The number of anilines is 1. The number of aliphatic hydroxyl groups is 1. The molecule has 0 saturated heterocycles. The van der Waals surface area contributed by atoms with Gasteiger partial charge < -0.3 is 15.7 Å². The molecule has 20 heavy (non-hydrogen) atoms. The number of hydrogen-bond donors (Lipinski definition) is 2. The number of nitrogen functional groups attached to an aromatic ring is 1. The van der Waals surface area contributed by atoms with Gasteiger partial charge in [0.15, 0.2) is 0 Å². The molecule has 0 spiro atoms. The van der Waals surface area contributed by atoms with Gasteiger partial charge in [-0.05, 0) is 25.0 Å². The predicted molar refractivity (Wildman–Crippen MR) is 75.8 cm³/mol. The first-order valence-electron chi connectivity index (χ1n) is 7.11. The summed E-state index contributed by atoms with van der Waals surface area (Å²) in [4.78, 5) is 14.2. The fraction of sp³-hybridized carbons (Fsp3) is 0.533. The molecule has 3 N–H and O–H groups in total. The van der Waals surface area contributed by atoms with Gasteiger partial charge in [-0.1, -0.05) is 25.3 Å². The van der Waals surface area contributed by atoms with Crippen LogP contribution in [0, 0.1) is 5.82 Å². The number of hydrogen-bond acceptors (Lipinski definition) is 3. The van der Waals surface area contributed by atoms with Gasteiger partial charge in [-0.15, -0.1) is 0 Å². The third-order valence-electron chi connectivity index (χ3n) is 3.90. The summed E-state index contributed by atoms with van der Waals surface area (Å²) in [7, 11) is 0. The SMILES string of the molecule is Nc1c(F)cccc1C(=O)N(CCO)C1CCCCC1. The lowest BCUT2D eigenvalue weighted by atomic mass is 9.93. The zero-order valence-electron chi connectivity index (χ0n) is 11.5. The Bertz CT molecular complexity index is 473. The number of carbonyl (C=O) groups excluding carboxylic acids is 1. The molecule has 1 aliphatic rings. The van der Waals surface area contributed by atoms with Crippen LogP contribution in [0.1, 0.15) is 42.5 Å². The summed E-state index contributed by atoms with van der Waals surface area (Å²) >= 11 is 0. The number of nitrogens with zero attached hydrogens (tertiary/aromatic N) is 1. The molecule has 0 unspecified atom stereocenters. The number of nitrogens with two attached hydrogens (primary N) is 1. The Morgan fingerprint density at radius 3 is 2.70 bits per heavy atom. The van der Waals surface area contributed by atoms with Gasteiger partial charge in [-0.25, -0.2) is 4.39 Å². The molecule has 1 saturated carbocycles. The smallest absolute Gasteiger partial charge is 0.256 e. The fourth-order valence-corrected chi connectivity index (χ4v) is 2.83. The summed E-state index contributed by atoms with van der Waals surface area (Å²) in [6, 6.07) is 4.37. The molecule has 0 heterocycles. The lowest BCUT2D eigenvalue weighted by Gasteiger charge is -2.34. The van der Waals surface area contributed by atoms with Crippen LogP contribution in [0.3, 0.4) is 0 Å². The van der Waals surface area contributed by atoms with Crippen LogP contribution >= 0.6 is 0 Å². The molecule has 1 aromatic carbocycles. The summed E-state index contributed by atoms with van der Waals surface area (Å²) in [6.07, 6.45) is 5.21. The van der Waals surface area contributed by atoms with Crippen LogP contribution in [-0.2, 0) is 0 Å². The minimum Gasteiger partial charge on any atom is -0.396 e. The van der Waals surface area contributed by atoms with Crippen molar-refractivity contribution in [3.63, 3.8) is 0 Å². The molecular formula is C15H21FN2O2. The Balaban J connectivity index is 2.23. The fourth-order valence-electron chi connectivity index (χ4n) is 2.83. The molecule has 5 heteroatoms. The van der Waals surface area contributed by atoms with Crippen molar-refractivity contribution in [2.75, 3.05) is 18.9 Å². The first kappa shape index (κ1) is 14.8. The van der Waals surface area contributed by atoms with E-state index in [2.05, 4.69) is 0 Å². The molecule has 1 aliphatic carbocycles. The van der Waals surface area contributed by atoms with Crippen LogP contribution in [0.4, 0.5) is 10.1 Å². The average molecular weight is 280 g/mol. The van der Waals surface area contributed by atoms with Crippen LogP contribution < -0.4 is 5.73 Å². The van der Waals surface area contributed by atoms with Crippen molar-refractivity contribution in [1.82, 2.24) is 4.90 Å². The topological polar surface area (TPSA) is 66.6 Å². The number of benzene rings is 1. The maximum Gasteiger partial charge on any atom is 0.256 e. The van der Waals surface area contributed by atoms with Gasteiger partial charge in [0, 0.05) is 12.6 Å². The molecule has 110 valence electrons. The molecule has 1 aromatic rings. The van der Waals surface area contributed by atoms with Crippen molar-refractivity contribution in [3.05, 3.63) is 29.6 Å². The Morgan fingerprint density at radius 1 is 1.35 bits per heavy atom. The van der Waals surface area contributed by atoms with E-state index in [1.165, 1.54) is 24.6 Å². The van der Waals surface area contributed by atoms with Gasteiger partial charge in [0.2, 0.25) is 0 Å². The second-order valence-corrected chi connectivity index (χ2v) is 5.22. The van der Waals surface area contributed by atoms with Crippen molar-refractivity contribution >= 4 is 11.6 Å². The van der Waals surface area contributed by atoms with Crippen LogP contribution in [0.25, 0.3) is 0 Å². The maximum absolute atomic E-state index is 13.5. The van der Waals surface area contributed by atoms with E-state index >= 15 is 0 Å². The number of aliphatic hydroxyl groups excluding tert-OH is 1. The normalized spacial score (nSPS) is 16.1. The Morgan fingerprint density at radius 2 is 2.05 bits per heavy atom. The highest BCUT2D eigenvalue weighted by Crippen LogP contribution is 2.25. The van der Waals surface area contributed by atoms with Crippen LogP contribution in [0.5, 0.6) is 0 Å². The summed E-state index contributed by atoms with van der Waals surface area (Å²) in [5, 5.41) is 9.19. The molecule has 0 aromatic heterocycles. The van der Waals surface area contributed by atoms with Gasteiger partial charge >= 0.3 is 0 Å². The highest BCUT2D eigenvalue weighted by atomic mass is 19.1. The standard InChI is InChI=1S/C15H21FN2O2/c16-13-8-4-7-12(14(13)17)15(20)18(9-10-19)11-5-2-1-3-6-11/h4,7-8,11,19H,1-3,5-6,9-10,17H2. The van der Waals surface area contributed by atoms with E-state index in [1.807, 2.05) is 0 Å². The first-order chi connectivity index (χ1) is 9.65. The quantitative estimate of drug-likeness (QED) is 0.831. The number of carbonyl (C=O) groups is 1. The molecular weight excluding hydrogens is 259 g/mol. The molecule has 4 nitrogen and oxygen atoms in total. The van der Waals surface area contributed by atoms with Gasteiger partial charge in [0.1, 0.15) is 5.82 Å². The third kappa shape index (κ3) is 3.10. The molecule has 1 amide bonds. The summed E-state index contributed by atoms with van der Waals surface area (Å²) in [5.74, 6) is -0.869. The number of para-hydroxylation sites is 1. The van der Waals surface area contributed by atoms with E-state index in [4.69, 9.17) is 5.73 Å². The Hall–Kier alpha value is -1.62. The minimum atomic E-state index is -0.580. The molecule has 0 atom stereocenters. The minimum absolute atomic E-state index is 0.0997. The van der Waals surface area contributed by atoms with E-state index < -0.39 is 5.82 Å². The van der Waals surface area contributed by atoms with Crippen molar-refractivity contribution < 1.29 is 14.3 Å². The lowest BCUT2D eigenvalue weighted by Crippen LogP contribution is -2.43. The molecule has 0 radical (unpaired) electrons. The monoisotopic (exact) mass is 280 g/mol. The molecule has 0 bridgehead atoms. The average Bonchev–Trinajstić information content (AvgIpc) is 2.48. The largest absolute Gasteiger partial charge is 0.396 e.